The topological polar surface area (TPSA) is 6.48 Å². The number of hydrogen-bond acceptors (Lipinski definition) is 2. The van der Waals surface area contributed by atoms with E-state index in [9.17, 15) is 0 Å². The summed E-state index contributed by atoms with van der Waals surface area (Å²) >= 11 is 2.27. The third kappa shape index (κ3) is 3.94. The average Bonchev–Trinajstić information content (AvgIpc) is 2.14. The predicted molar refractivity (Wildman–Crippen MR) is 62.9 cm³/mol. The van der Waals surface area contributed by atoms with Gasteiger partial charge in [0.15, 0.2) is 0 Å². The van der Waals surface area contributed by atoms with Crippen LogP contribution in [0.2, 0.25) is 5.09 Å². The zero-order chi connectivity index (χ0) is 10.6. The van der Waals surface area contributed by atoms with Gasteiger partial charge in [0, 0.05) is 0 Å². The molecule has 1 heterocycles. The van der Waals surface area contributed by atoms with E-state index < -0.39 is 0 Å². The third-order valence-corrected chi connectivity index (χ3v) is 3.15. The van der Waals surface area contributed by atoms with Crippen molar-refractivity contribution in [2.24, 2.45) is 0 Å². The summed E-state index contributed by atoms with van der Waals surface area (Å²) in [7, 11) is 0. The molecule has 1 aliphatic rings. The Morgan fingerprint density at radius 2 is 1.64 bits per heavy atom. The number of hydrogen-bond donors (Lipinski definition) is 0. The Labute approximate surface area is 98.2 Å². The van der Waals surface area contributed by atoms with Crippen molar-refractivity contribution in [1.82, 2.24) is 9.80 Å². The normalized spacial score (nSPS) is 21.5. The van der Waals surface area contributed by atoms with E-state index in [4.69, 9.17) is 0 Å². The van der Waals surface area contributed by atoms with Crippen LogP contribution in [-0.2, 0) is 0 Å². The van der Waals surface area contributed by atoms with Crippen LogP contribution in [0.15, 0.2) is 0 Å². The third-order valence-electron chi connectivity index (χ3n) is 3.15. The molecule has 1 saturated heterocycles. The fourth-order valence-corrected chi connectivity index (χ4v) is 2.02. The molecule has 0 atom stereocenters. The summed E-state index contributed by atoms with van der Waals surface area (Å²) in [5.41, 5.74) is 0.358. The van der Waals surface area contributed by atoms with Gasteiger partial charge in [0.25, 0.3) is 0 Å². The van der Waals surface area contributed by atoms with Crippen molar-refractivity contribution in [1.29, 1.82) is 0 Å². The van der Waals surface area contributed by atoms with Gasteiger partial charge in [0.1, 0.15) is 0 Å². The van der Waals surface area contributed by atoms with Crippen molar-refractivity contribution in [3.05, 3.63) is 0 Å². The van der Waals surface area contributed by atoms with E-state index in [1.165, 1.54) is 44.2 Å². The van der Waals surface area contributed by atoms with Crippen LogP contribution < -0.4 is 0 Å². The van der Waals surface area contributed by atoms with E-state index in [2.05, 4.69) is 48.3 Å². The summed E-state index contributed by atoms with van der Waals surface area (Å²) in [4.78, 5) is 5.20. The molecule has 0 radical (unpaired) electrons. The summed E-state index contributed by atoms with van der Waals surface area (Å²) in [5.74, 6) is 0. The van der Waals surface area contributed by atoms with Crippen molar-refractivity contribution in [2.75, 3.05) is 32.7 Å². The molecule has 2 nitrogen and oxygen atoms in total. The van der Waals surface area contributed by atoms with Crippen molar-refractivity contribution in [2.45, 2.75) is 37.8 Å². The minimum absolute atomic E-state index is 0.358. The van der Waals surface area contributed by atoms with E-state index in [-0.39, 0.29) is 0 Å². The zero-order valence-corrected chi connectivity index (χ0v) is 10.3. The van der Waals surface area contributed by atoms with E-state index >= 15 is 0 Å². The van der Waals surface area contributed by atoms with E-state index in [1.807, 2.05) is 0 Å². The molecule has 1 fully saturated rings. The fraction of sp³-hybridized carbons (Fsp3) is 1.00. The van der Waals surface area contributed by atoms with Crippen LogP contribution >= 0.6 is 0 Å². The van der Waals surface area contributed by atoms with Crippen molar-refractivity contribution in [3.63, 3.8) is 0 Å². The van der Waals surface area contributed by atoms with Crippen molar-refractivity contribution in [3.8, 4) is 0 Å². The Kier molecular flexibility index (Phi) is 5.00. The van der Waals surface area contributed by atoms with Crippen molar-refractivity contribution >= 4 is 17.7 Å². The average molecular weight is 190 g/mol. The molecule has 14 heavy (non-hydrogen) atoms. The van der Waals surface area contributed by atoms with Crippen LogP contribution in [0.4, 0.5) is 0 Å². The summed E-state index contributed by atoms with van der Waals surface area (Å²) < 4.78 is 0. The molecule has 0 aromatic rings. The minimum atomic E-state index is 0.358. The maximum absolute atomic E-state index is 2.60. The Morgan fingerprint density at radius 3 is 2.07 bits per heavy atom. The molecular formula is C11H23LiN2. The van der Waals surface area contributed by atoms with Gasteiger partial charge in [0.05, 0.1) is 0 Å². The van der Waals surface area contributed by atoms with Gasteiger partial charge in [-0.15, -0.1) is 0 Å². The Hall–Kier alpha value is 0.517. The molecule has 0 aromatic carbocycles. The molecule has 0 saturated carbocycles. The fourth-order valence-electron chi connectivity index (χ4n) is 2.02. The molecule has 3 heteroatoms. The molecule has 1 aliphatic heterocycles. The van der Waals surface area contributed by atoms with Crippen LogP contribution in [0.1, 0.15) is 27.2 Å². The zero-order valence-electron chi connectivity index (χ0n) is 10.3. The molecule has 0 aliphatic carbocycles. The van der Waals surface area contributed by atoms with E-state index in [0.29, 0.717) is 5.54 Å². The SMILES string of the molecule is [Li][CH2]CCN1CCN(C(C)(C)C)CC1. The van der Waals surface area contributed by atoms with Crippen LogP contribution in [0.5, 0.6) is 0 Å². The van der Waals surface area contributed by atoms with Crippen LogP contribution in [0.3, 0.4) is 0 Å². The van der Waals surface area contributed by atoms with E-state index in [0.717, 1.165) is 0 Å². The van der Waals surface area contributed by atoms with Crippen molar-refractivity contribution < 1.29 is 0 Å². The first-order chi connectivity index (χ1) is 6.54. The quantitative estimate of drug-likeness (QED) is 0.620. The second-order valence-corrected chi connectivity index (χ2v) is 5.35. The Bertz CT molecular complexity index is 157. The van der Waals surface area contributed by atoms with Gasteiger partial charge in [-0.3, -0.25) is 0 Å². The van der Waals surface area contributed by atoms with Crippen LogP contribution in [0.25, 0.3) is 0 Å². The number of piperazine rings is 1. The first-order valence-corrected chi connectivity index (χ1v) is 6.01. The predicted octanol–water partition coefficient (Wildman–Crippen LogP) is 1.38. The molecule has 0 bridgehead atoms. The van der Waals surface area contributed by atoms with Gasteiger partial charge in [-0.25, -0.2) is 0 Å². The number of rotatable bonds is 3. The monoisotopic (exact) mass is 190 g/mol. The maximum atomic E-state index is 2.60. The van der Waals surface area contributed by atoms with Gasteiger partial charge >= 0.3 is 98.1 Å². The van der Waals surface area contributed by atoms with Gasteiger partial charge < -0.3 is 0 Å². The van der Waals surface area contributed by atoms with Gasteiger partial charge in [-0.1, -0.05) is 0 Å². The van der Waals surface area contributed by atoms with Gasteiger partial charge in [-0.05, 0) is 0 Å². The first-order valence-electron chi connectivity index (χ1n) is 6.01. The molecule has 0 amide bonds. The summed E-state index contributed by atoms with van der Waals surface area (Å²) in [6.07, 6.45) is 1.36. The summed E-state index contributed by atoms with van der Waals surface area (Å²) in [6.45, 7) is 13.3. The molecule has 1 rings (SSSR count). The first kappa shape index (κ1) is 12.6. The molecule has 0 unspecified atom stereocenters. The molecule has 0 N–H and O–H groups in total. The molecule has 0 spiro atoms. The number of nitrogens with zero attached hydrogens (tertiary/aromatic N) is 2. The van der Waals surface area contributed by atoms with Crippen LogP contribution in [-0.4, -0.2) is 65.8 Å². The van der Waals surface area contributed by atoms with Gasteiger partial charge in [-0.2, -0.15) is 0 Å². The van der Waals surface area contributed by atoms with Crippen LogP contribution in [0, 0.1) is 0 Å². The summed E-state index contributed by atoms with van der Waals surface area (Å²) in [6, 6.07) is 0. The second-order valence-electron chi connectivity index (χ2n) is 5.35. The molecular weight excluding hydrogens is 167 g/mol. The Balaban J connectivity index is 2.24. The molecule has 78 valence electrons. The molecule has 0 aromatic heterocycles. The second kappa shape index (κ2) is 5.56. The summed E-state index contributed by atoms with van der Waals surface area (Å²) in [5, 5.41) is 1.32. The van der Waals surface area contributed by atoms with E-state index in [1.54, 1.807) is 0 Å². The Morgan fingerprint density at radius 1 is 1.07 bits per heavy atom. The standard InChI is InChI=1S/C11H23N2.Li/c1-5-6-12-7-9-13(10-8-12)11(2,3)4;/h1,5-10H2,2-4H3;. The van der Waals surface area contributed by atoms with Gasteiger partial charge in [0.2, 0.25) is 0 Å².